The molecule has 0 aliphatic rings. The quantitative estimate of drug-likeness (QED) is 0.712. The number of carboxylic acid groups (broad SMARTS) is 1. The van der Waals surface area contributed by atoms with Crippen molar-refractivity contribution in [1.82, 2.24) is 5.32 Å². The molecule has 1 aromatic carbocycles. The number of hydrogen-bond acceptors (Lipinski definition) is 4. The molecule has 18 heavy (non-hydrogen) atoms. The third kappa shape index (κ3) is 5.45. The van der Waals surface area contributed by atoms with Crippen LogP contribution in [0.5, 0.6) is 0 Å². The number of methoxy groups -OCH3 is 1. The van der Waals surface area contributed by atoms with E-state index in [1.807, 2.05) is 30.3 Å². The first-order valence-corrected chi connectivity index (χ1v) is 5.67. The topological polar surface area (TPSA) is 75.6 Å². The average Bonchev–Trinajstić information content (AvgIpc) is 2.36. The fraction of sp³-hybridized carbons (Fsp3) is 0.385. The van der Waals surface area contributed by atoms with E-state index in [2.05, 4.69) is 10.1 Å². The van der Waals surface area contributed by atoms with E-state index < -0.39 is 18.0 Å². The predicted molar refractivity (Wildman–Crippen MR) is 66.0 cm³/mol. The third-order valence-electron chi connectivity index (χ3n) is 2.50. The Morgan fingerprint density at radius 2 is 1.94 bits per heavy atom. The highest BCUT2D eigenvalue weighted by Crippen LogP contribution is 2.04. The molecule has 5 nitrogen and oxygen atoms in total. The third-order valence-corrected chi connectivity index (χ3v) is 2.50. The summed E-state index contributed by atoms with van der Waals surface area (Å²) in [5.74, 6) is -1.36. The van der Waals surface area contributed by atoms with Gasteiger partial charge in [-0.2, -0.15) is 0 Å². The minimum absolute atomic E-state index is 0.0512. The second-order valence-corrected chi connectivity index (χ2v) is 3.94. The fourth-order valence-corrected chi connectivity index (χ4v) is 1.57. The molecule has 0 radical (unpaired) electrons. The van der Waals surface area contributed by atoms with E-state index in [9.17, 15) is 9.59 Å². The first kappa shape index (κ1) is 14.2. The molecule has 2 N–H and O–H groups in total. The molecule has 1 atom stereocenters. The lowest BCUT2D eigenvalue weighted by Crippen LogP contribution is -2.33. The van der Waals surface area contributed by atoms with Crippen LogP contribution in [0.25, 0.3) is 0 Å². The van der Waals surface area contributed by atoms with Crippen molar-refractivity contribution in [2.75, 3.05) is 7.11 Å². The first-order chi connectivity index (χ1) is 8.61. The van der Waals surface area contributed by atoms with Gasteiger partial charge in [-0.05, 0) is 5.56 Å². The number of carbonyl (C=O) groups is 2. The summed E-state index contributed by atoms with van der Waals surface area (Å²) in [4.78, 5) is 21.9. The number of ether oxygens (including phenoxy) is 1. The molecular weight excluding hydrogens is 234 g/mol. The van der Waals surface area contributed by atoms with Crippen LogP contribution in [0.15, 0.2) is 30.3 Å². The van der Waals surface area contributed by atoms with Crippen LogP contribution in [-0.4, -0.2) is 30.2 Å². The highest BCUT2D eigenvalue weighted by Gasteiger charge is 2.17. The molecule has 5 heteroatoms. The van der Waals surface area contributed by atoms with E-state index in [0.717, 1.165) is 5.56 Å². The highest BCUT2D eigenvalue weighted by atomic mass is 16.5. The number of carbonyl (C=O) groups excluding carboxylic acids is 1. The summed E-state index contributed by atoms with van der Waals surface area (Å²) < 4.78 is 4.54. The van der Waals surface area contributed by atoms with Crippen LogP contribution in [0.4, 0.5) is 0 Å². The summed E-state index contributed by atoms with van der Waals surface area (Å²) in [6.07, 6.45) is -0.0580. The molecule has 0 aliphatic carbocycles. The lowest BCUT2D eigenvalue weighted by molar-refractivity contribution is -0.142. The molecule has 0 saturated carbocycles. The van der Waals surface area contributed by atoms with E-state index in [4.69, 9.17) is 5.11 Å². The van der Waals surface area contributed by atoms with Crippen LogP contribution >= 0.6 is 0 Å². The number of rotatable bonds is 7. The lowest BCUT2D eigenvalue weighted by Gasteiger charge is -2.15. The van der Waals surface area contributed by atoms with Crippen LogP contribution in [-0.2, 0) is 20.9 Å². The van der Waals surface area contributed by atoms with Crippen molar-refractivity contribution in [3.05, 3.63) is 35.9 Å². The summed E-state index contributed by atoms with van der Waals surface area (Å²) in [5.41, 5.74) is 1.04. The zero-order valence-electron chi connectivity index (χ0n) is 10.3. The van der Waals surface area contributed by atoms with E-state index >= 15 is 0 Å². The zero-order valence-corrected chi connectivity index (χ0v) is 10.3. The predicted octanol–water partition coefficient (Wildman–Crippen LogP) is 1.18. The second kappa shape index (κ2) is 7.45. The van der Waals surface area contributed by atoms with E-state index in [1.165, 1.54) is 7.11 Å². The highest BCUT2D eigenvalue weighted by molar-refractivity contribution is 5.72. The number of aliphatic carboxylic acids is 1. The average molecular weight is 251 g/mol. The Kier molecular flexibility index (Phi) is 5.87. The van der Waals surface area contributed by atoms with Gasteiger partial charge in [0.1, 0.15) is 0 Å². The Morgan fingerprint density at radius 1 is 1.28 bits per heavy atom. The van der Waals surface area contributed by atoms with Gasteiger partial charge in [-0.15, -0.1) is 0 Å². The van der Waals surface area contributed by atoms with Gasteiger partial charge in [0.15, 0.2) is 0 Å². The molecule has 98 valence electrons. The van der Waals surface area contributed by atoms with Crippen LogP contribution in [0.2, 0.25) is 0 Å². The van der Waals surface area contributed by atoms with Gasteiger partial charge < -0.3 is 15.2 Å². The van der Waals surface area contributed by atoms with Crippen molar-refractivity contribution in [3.8, 4) is 0 Å². The molecule has 0 aliphatic heterocycles. The number of benzene rings is 1. The van der Waals surface area contributed by atoms with E-state index in [1.54, 1.807) is 0 Å². The van der Waals surface area contributed by atoms with Gasteiger partial charge in [0.2, 0.25) is 0 Å². The first-order valence-electron chi connectivity index (χ1n) is 5.67. The van der Waals surface area contributed by atoms with Crippen molar-refractivity contribution in [2.24, 2.45) is 0 Å². The Bertz CT molecular complexity index is 391. The van der Waals surface area contributed by atoms with E-state index in [-0.39, 0.29) is 12.8 Å². The van der Waals surface area contributed by atoms with Gasteiger partial charge in [0.25, 0.3) is 0 Å². The fourth-order valence-electron chi connectivity index (χ4n) is 1.57. The second-order valence-electron chi connectivity index (χ2n) is 3.94. The molecule has 0 heterocycles. The van der Waals surface area contributed by atoms with Crippen molar-refractivity contribution >= 4 is 11.9 Å². The van der Waals surface area contributed by atoms with Gasteiger partial charge in [-0.1, -0.05) is 30.3 Å². The molecule has 0 unspecified atom stereocenters. The lowest BCUT2D eigenvalue weighted by atomic mass is 10.1. The van der Waals surface area contributed by atoms with Gasteiger partial charge in [-0.25, -0.2) is 0 Å². The maximum atomic E-state index is 11.2. The van der Waals surface area contributed by atoms with Gasteiger partial charge in [0, 0.05) is 12.6 Å². The number of nitrogens with one attached hydrogen (secondary N) is 1. The minimum Gasteiger partial charge on any atom is -0.481 e. The Balaban J connectivity index is 2.50. The van der Waals surface area contributed by atoms with Gasteiger partial charge in [-0.3, -0.25) is 9.59 Å². The molecular formula is C13H17NO4. The molecule has 0 fully saturated rings. The number of hydrogen-bond donors (Lipinski definition) is 2. The molecule has 0 saturated heterocycles. The van der Waals surface area contributed by atoms with Crippen molar-refractivity contribution in [3.63, 3.8) is 0 Å². The minimum atomic E-state index is -0.940. The standard InChI is InChI=1S/C13H17NO4/c1-18-13(17)8-11(7-12(15)16)14-9-10-5-3-2-4-6-10/h2-6,11,14H,7-9H2,1H3,(H,15,16)/t11-/m0/s1. The van der Waals surface area contributed by atoms with Crippen LogP contribution in [0.1, 0.15) is 18.4 Å². The Morgan fingerprint density at radius 3 is 2.50 bits per heavy atom. The summed E-state index contributed by atoms with van der Waals surface area (Å²) in [7, 11) is 1.29. The monoisotopic (exact) mass is 251 g/mol. The van der Waals surface area contributed by atoms with Crippen LogP contribution in [0, 0.1) is 0 Å². The normalized spacial score (nSPS) is 11.8. The van der Waals surface area contributed by atoms with Crippen molar-refractivity contribution in [1.29, 1.82) is 0 Å². The molecule has 0 bridgehead atoms. The maximum absolute atomic E-state index is 11.2. The van der Waals surface area contributed by atoms with Gasteiger partial charge in [0.05, 0.1) is 20.0 Å². The zero-order chi connectivity index (χ0) is 13.4. The molecule has 0 amide bonds. The van der Waals surface area contributed by atoms with Crippen molar-refractivity contribution in [2.45, 2.75) is 25.4 Å². The Hall–Kier alpha value is -1.88. The summed E-state index contributed by atoms with van der Waals surface area (Å²) >= 11 is 0. The van der Waals surface area contributed by atoms with Crippen LogP contribution in [0.3, 0.4) is 0 Å². The molecule has 1 aromatic rings. The molecule has 1 rings (SSSR count). The largest absolute Gasteiger partial charge is 0.481 e. The Labute approximate surface area is 106 Å². The van der Waals surface area contributed by atoms with Crippen molar-refractivity contribution < 1.29 is 19.4 Å². The summed E-state index contributed by atoms with van der Waals surface area (Å²) in [6, 6.07) is 9.17. The van der Waals surface area contributed by atoms with Crippen LogP contribution < -0.4 is 5.32 Å². The number of esters is 1. The summed E-state index contributed by atoms with van der Waals surface area (Å²) in [6.45, 7) is 0.524. The SMILES string of the molecule is COC(=O)C[C@H](CC(=O)O)NCc1ccccc1. The van der Waals surface area contributed by atoms with Gasteiger partial charge >= 0.3 is 11.9 Å². The smallest absolute Gasteiger partial charge is 0.307 e. The molecule has 0 aromatic heterocycles. The summed E-state index contributed by atoms with van der Waals surface area (Å²) in [5, 5.41) is 11.8. The maximum Gasteiger partial charge on any atom is 0.307 e. The number of carboxylic acids is 1. The molecule has 0 spiro atoms. The van der Waals surface area contributed by atoms with E-state index in [0.29, 0.717) is 6.54 Å².